The molecule has 1 rings (SSSR count). The van der Waals surface area contributed by atoms with Crippen molar-refractivity contribution < 1.29 is 9.59 Å². The molecule has 0 spiro atoms. The van der Waals surface area contributed by atoms with E-state index in [2.05, 4.69) is 53.6 Å². The monoisotopic (exact) mass is 429 g/mol. The minimum Gasteiger partial charge on any atom is -0.379 e. The summed E-state index contributed by atoms with van der Waals surface area (Å²) in [5, 5.41) is 15.2. The fourth-order valence-corrected chi connectivity index (χ4v) is 2.73. The Morgan fingerprint density at radius 2 is 1.55 bits per heavy atom. The average Bonchev–Trinajstić information content (AvgIpc) is 2.68. The fraction of sp³-hybridized carbons (Fsp3) is 0.500. The van der Waals surface area contributed by atoms with Gasteiger partial charge in [0.1, 0.15) is 0 Å². The van der Waals surface area contributed by atoms with Crippen LogP contribution in [0.15, 0.2) is 54.9 Å². The van der Waals surface area contributed by atoms with Crippen LogP contribution in [0, 0.1) is 0 Å². The molecule has 172 valence electrons. The quantitative estimate of drug-likeness (QED) is 0.330. The fourth-order valence-electron chi connectivity index (χ4n) is 2.73. The first-order valence-corrected chi connectivity index (χ1v) is 10.7. The summed E-state index contributed by atoms with van der Waals surface area (Å²) in [6, 6.07) is 9.83. The van der Waals surface area contributed by atoms with Crippen molar-refractivity contribution in [3.8, 4) is 0 Å². The van der Waals surface area contributed by atoms with Crippen molar-refractivity contribution in [1.82, 2.24) is 26.6 Å². The van der Waals surface area contributed by atoms with Crippen molar-refractivity contribution in [2.75, 3.05) is 19.6 Å². The van der Waals surface area contributed by atoms with Crippen LogP contribution in [0.5, 0.6) is 0 Å². The lowest BCUT2D eigenvalue weighted by Gasteiger charge is -2.24. The summed E-state index contributed by atoms with van der Waals surface area (Å²) in [4.78, 5) is 24.7. The standard InChI is InChI=1S/C24H39N5O2/c1-17(2)25-14-18(3)26-15-22(30)28-21(13-20-11-9-8-10-12-20)19(4)27-16-23(31)29-24(5,6)7/h8-12,17,21,25-27H,3-4,13-16H2,1-2,5-7H3,(H,28,30)(H,29,31)/t21-/m0/s1. The van der Waals surface area contributed by atoms with Gasteiger partial charge in [-0.15, -0.1) is 0 Å². The number of hydrogen-bond donors (Lipinski definition) is 5. The molecule has 0 bridgehead atoms. The number of amides is 2. The van der Waals surface area contributed by atoms with E-state index in [1.165, 1.54) is 0 Å². The molecule has 0 aliphatic carbocycles. The highest BCUT2D eigenvalue weighted by Gasteiger charge is 2.19. The molecule has 31 heavy (non-hydrogen) atoms. The van der Waals surface area contributed by atoms with Crippen LogP contribution in [0.3, 0.4) is 0 Å². The number of carbonyl (C=O) groups is 2. The third-order valence-corrected chi connectivity index (χ3v) is 4.25. The van der Waals surface area contributed by atoms with Crippen LogP contribution in [0.4, 0.5) is 0 Å². The topological polar surface area (TPSA) is 94.3 Å². The Bertz CT molecular complexity index is 738. The first-order valence-electron chi connectivity index (χ1n) is 10.7. The van der Waals surface area contributed by atoms with Crippen molar-refractivity contribution in [2.45, 2.75) is 58.7 Å². The third-order valence-electron chi connectivity index (χ3n) is 4.25. The first kappa shape index (κ1) is 26.2. The van der Waals surface area contributed by atoms with E-state index in [-0.39, 0.29) is 36.5 Å². The molecule has 1 aromatic rings. The van der Waals surface area contributed by atoms with Gasteiger partial charge in [0.2, 0.25) is 11.8 Å². The molecule has 0 aromatic heterocycles. The maximum atomic E-state index is 12.5. The zero-order valence-corrected chi connectivity index (χ0v) is 19.6. The molecule has 7 nitrogen and oxygen atoms in total. The molecule has 1 atom stereocenters. The number of benzene rings is 1. The Balaban J connectivity index is 2.66. The van der Waals surface area contributed by atoms with Crippen molar-refractivity contribution in [2.24, 2.45) is 0 Å². The van der Waals surface area contributed by atoms with Gasteiger partial charge in [0.25, 0.3) is 0 Å². The maximum Gasteiger partial charge on any atom is 0.239 e. The highest BCUT2D eigenvalue weighted by atomic mass is 16.2. The van der Waals surface area contributed by atoms with Gasteiger partial charge in [-0.1, -0.05) is 57.3 Å². The van der Waals surface area contributed by atoms with Crippen LogP contribution in [0.2, 0.25) is 0 Å². The largest absolute Gasteiger partial charge is 0.379 e. The van der Waals surface area contributed by atoms with Gasteiger partial charge in [0.05, 0.1) is 19.1 Å². The first-order chi connectivity index (χ1) is 14.5. The normalized spacial score (nSPS) is 12.1. The molecule has 0 fully saturated rings. The smallest absolute Gasteiger partial charge is 0.239 e. The lowest BCUT2D eigenvalue weighted by atomic mass is 10.0. The molecule has 5 N–H and O–H groups in total. The van der Waals surface area contributed by atoms with E-state index in [1.54, 1.807) is 0 Å². The predicted molar refractivity (Wildman–Crippen MR) is 127 cm³/mol. The van der Waals surface area contributed by atoms with Crippen molar-refractivity contribution in [3.05, 3.63) is 60.4 Å². The lowest BCUT2D eigenvalue weighted by molar-refractivity contribution is -0.121. The maximum absolute atomic E-state index is 12.5. The van der Waals surface area contributed by atoms with E-state index < -0.39 is 0 Å². The zero-order chi connectivity index (χ0) is 23.4. The second-order valence-electron chi connectivity index (χ2n) is 8.98. The highest BCUT2D eigenvalue weighted by molar-refractivity contribution is 5.80. The van der Waals surface area contributed by atoms with Gasteiger partial charge in [-0.05, 0) is 32.8 Å². The number of hydrogen-bond acceptors (Lipinski definition) is 5. The van der Waals surface area contributed by atoms with Gasteiger partial charge in [-0.2, -0.15) is 0 Å². The number of nitrogens with one attached hydrogen (secondary N) is 5. The molecular weight excluding hydrogens is 390 g/mol. The summed E-state index contributed by atoms with van der Waals surface area (Å²) >= 11 is 0. The number of rotatable bonds is 13. The second kappa shape index (κ2) is 12.8. The molecule has 0 unspecified atom stereocenters. The molecule has 0 radical (unpaired) electrons. The van der Waals surface area contributed by atoms with Gasteiger partial charge < -0.3 is 26.6 Å². The van der Waals surface area contributed by atoms with Gasteiger partial charge in [0.15, 0.2) is 0 Å². The average molecular weight is 430 g/mol. The van der Waals surface area contributed by atoms with E-state index in [9.17, 15) is 9.59 Å². The zero-order valence-electron chi connectivity index (χ0n) is 19.6. The van der Waals surface area contributed by atoms with Crippen molar-refractivity contribution >= 4 is 11.8 Å². The third kappa shape index (κ3) is 12.5. The van der Waals surface area contributed by atoms with Crippen molar-refractivity contribution in [1.29, 1.82) is 0 Å². The van der Waals surface area contributed by atoms with E-state index in [1.807, 2.05) is 51.1 Å². The van der Waals surface area contributed by atoms with Crippen molar-refractivity contribution in [3.63, 3.8) is 0 Å². The van der Waals surface area contributed by atoms with Crippen LogP contribution in [0.1, 0.15) is 40.2 Å². The second-order valence-corrected chi connectivity index (χ2v) is 8.98. The SMILES string of the molecule is C=C(CNC(C)C)NCC(=O)N[C@@H](Cc1ccccc1)C(=C)NCC(=O)NC(C)(C)C. The van der Waals surface area contributed by atoms with E-state index >= 15 is 0 Å². The van der Waals surface area contributed by atoms with E-state index in [4.69, 9.17) is 0 Å². The van der Waals surface area contributed by atoms with E-state index in [0.29, 0.717) is 24.7 Å². The lowest BCUT2D eigenvalue weighted by Crippen LogP contribution is -2.48. The predicted octanol–water partition coefficient (Wildman–Crippen LogP) is 1.83. The van der Waals surface area contributed by atoms with E-state index in [0.717, 1.165) is 11.3 Å². The number of carbonyl (C=O) groups excluding carboxylic acids is 2. The Labute approximate surface area is 187 Å². The Morgan fingerprint density at radius 1 is 0.935 bits per heavy atom. The highest BCUT2D eigenvalue weighted by Crippen LogP contribution is 2.08. The molecule has 0 saturated carbocycles. The van der Waals surface area contributed by atoms with Crippen LogP contribution in [-0.4, -0.2) is 49.1 Å². The Morgan fingerprint density at radius 3 is 2.13 bits per heavy atom. The molecular formula is C24H39N5O2. The van der Waals surface area contributed by atoms with Gasteiger partial charge in [0, 0.05) is 29.5 Å². The van der Waals surface area contributed by atoms with Gasteiger partial charge in [-0.25, -0.2) is 0 Å². The molecule has 0 aliphatic heterocycles. The molecule has 0 heterocycles. The van der Waals surface area contributed by atoms with Gasteiger partial charge >= 0.3 is 0 Å². The summed E-state index contributed by atoms with van der Waals surface area (Å²) in [5.41, 5.74) is 2.09. The Hall–Kier alpha value is -2.80. The van der Waals surface area contributed by atoms with Gasteiger partial charge in [-0.3, -0.25) is 9.59 Å². The molecule has 1 aromatic carbocycles. The molecule has 0 aliphatic rings. The summed E-state index contributed by atoms with van der Waals surface area (Å²) in [6.07, 6.45) is 0.565. The van der Waals surface area contributed by atoms with Crippen LogP contribution in [0.25, 0.3) is 0 Å². The molecule has 0 saturated heterocycles. The van der Waals surface area contributed by atoms with Crippen LogP contribution < -0.4 is 26.6 Å². The Kier molecular flexibility index (Phi) is 10.8. The summed E-state index contributed by atoms with van der Waals surface area (Å²) < 4.78 is 0. The summed E-state index contributed by atoms with van der Waals surface area (Å²) in [5.74, 6) is -0.303. The minimum atomic E-state index is -0.360. The molecule has 2 amide bonds. The van der Waals surface area contributed by atoms with Crippen LogP contribution in [-0.2, 0) is 16.0 Å². The summed E-state index contributed by atoms with van der Waals surface area (Å²) in [6.45, 7) is 18.7. The minimum absolute atomic E-state index is 0.0905. The summed E-state index contributed by atoms with van der Waals surface area (Å²) in [7, 11) is 0. The molecule has 7 heteroatoms. The van der Waals surface area contributed by atoms with Crippen LogP contribution >= 0.6 is 0 Å².